The molecule has 352 valence electrons. The summed E-state index contributed by atoms with van der Waals surface area (Å²) in [5, 5.41) is 8.80. The Morgan fingerprint density at radius 2 is 1.36 bits per heavy atom. The van der Waals surface area contributed by atoms with Gasteiger partial charge in [0.05, 0.1) is 37.1 Å². The summed E-state index contributed by atoms with van der Waals surface area (Å²) in [6.45, 7) is 9.69. The lowest BCUT2D eigenvalue weighted by atomic mass is 9.81. The molecule has 18 heteroatoms. The first-order chi connectivity index (χ1) is 29.8. The number of carbonyl (C=O) groups is 2. The van der Waals surface area contributed by atoms with E-state index in [-0.39, 0.29) is 29.9 Å². The number of rotatable bonds is 26. The van der Waals surface area contributed by atoms with E-state index in [1.54, 1.807) is 6.07 Å². The molecule has 0 spiro atoms. The number of hydrogen-bond acceptors (Lipinski definition) is 13. The fourth-order valence-electron chi connectivity index (χ4n) is 8.40. The Balaban J connectivity index is 1.52. The van der Waals surface area contributed by atoms with E-state index in [0.29, 0.717) is 63.1 Å². The molecule has 2 aromatic carbocycles. The Labute approximate surface area is 379 Å². The average Bonchev–Trinajstić information content (AvgIpc) is 3.52. The quantitative estimate of drug-likeness (QED) is 0.0466. The van der Waals surface area contributed by atoms with Gasteiger partial charge in [-0.2, -0.15) is 4.58 Å². The Hall–Kier alpha value is -4.30. The standard InChI is InChI=1S/C46H63N3O12S3/c1-45(2)38-31-35(33-47(5)34-36(50)19-11-9-10-14-22-44(51)52)23-25-40(38)48(27-15-17-29-62(53,54)55)42(45)20-12-7-6-8-13-21-43-46(3,4)39-32-37(64(59,60)61)24-26-41(39)49(43)28-16-18-30-63(56,57)58/h6-8,12-13,20-21,23-26,31-32H,9-11,14-19,22,27-30,33-34H2,1-5H3,(H3-,51,52,53,54,55,56,57,58,59,60,61)/p-2. The summed E-state index contributed by atoms with van der Waals surface area (Å²) in [6.07, 6.45) is 17.8. The maximum Gasteiger partial charge on any atom is 0.303 e. The largest absolute Gasteiger partial charge is 0.748 e. The first-order valence-electron chi connectivity index (χ1n) is 21.5. The normalized spacial score (nSPS) is 16.9. The lowest BCUT2D eigenvalue weighted by Crippen LogP contribution is -2.28. The van der Waals surface area contributed by atoms with Crippen LogP contribution in [0.1, 0.15) is 109 Å². The van der Waals surface area contributed by atoms with Crippen LogP contribution in [0.4, 0.5) is 11.4 Å². The van der Waals surface area contributed by atoms with Gasteiger partial charge in [0.2, 0.25) is 5.69 Å². The first kappa shape index (κ1) is 52.3. The van der Waals surface area contributed by atoms with Gasteiger partial charge in [-0.15, -0.1) is 0 Å². The molecule has 0 aliphatic carbocycles. The molecular weight excluding hydrogens is 883 g/mol. The second-order valence-corrected chi connectivity index (χ2v) is 22.0. The monoisotopic (exact) mass is 943 g/mol. The molecule has 0 aromatic heterocycles. The topological polar surface area (TPSA) is 235 Å². The molecule has 64 heavy (non-hydrogen) atoms. The fourth-order valence-corrected chi connectivity index (χ4v) is 10.0. The SMILES string of the molecule is CN(CC(=O)CCCCCCC(=O)O)Cc1ccc2c(c1)C(C)(C)C(=CC=CC=CC=CC1=[N+](CCCCS(=O)(=O)[O-])c3ccc(S(=O)(=O)[O-])cc3C1(C)C)N2CCCCS(=O)(=O)[O-]. The summed E-state index contributed by atoms with van der Waals surface area (Å²) in [4.78, 5) is 27.2. The lowest BCUT2D eigenvalue weighted by Gasteiger charge is -2.27. The van der Waals surface area contributed by atoms with Crippen LogP contribution in [0.3, 0.4) is 0 Å². The van der Waals surface area contributed by atoms with E-state index < -0.39 is 58.7 Å². The zero-order valence-corrected chi connectivity index (χ0v) is 39.8. The summed E-state index contributed by atoms with van der Waals surface area (Å²) in [7, 11) is -11.6. The smallest absolute Gasteiger partial charge is 0.303 e. The number of allylic oxidation sites excluding steroid dienone is 8. The van der Waals surface area contributed by atoms with Gasteiger partial charge in [0, 0.05) is 78.4 Å². The van der Waals surface area contributed by atoms with Gasteiger partial charge < -0.3 is 23.7 Å². The number of unbranched alkanes of at least 4 members (excludes halogenated alkanes) is 5. The predicted octanol–water partition coefficient (Wildman–Crippen LogP) is 6.39. The molecule has 0 saturated carbocycles. The summed E-state index contributed by atoms with van der Waals surface area (Å²) < 4.78 is 105. The number of hydrogen-bond donors (Lipinski definition) is 1. The number of nitrogens with zero attached hydrogens (tertiary/aromatic N) is 3. The summed E-state index contributed by atoms with van der Waals surface area (Å²) >= 11 is 0. The maximum absolute atomic E-state index is 12.7. The number of anilines is 1. The lowest BCUT2D eigenvalue weighted by molar-refractivity contribution is -0.438. The summed E-state index contributed by atoms with van der Waals surface area (Å²) in [6, 6.07) is 10.4. The van der Waals surface area contributed by atoms with Gasteiger partial charge in [-0.3, -0.25) is 14.5 Å². The highest BCUT2D eigenvalue weighted by Gasteiger charge is 2.44. The first-order valence-corrected chi connectivity index (χ1v) is 26.1. The molecule has 2 aliphatic heterocycles. The minimum atomic E-state index is -4.72. The van der Waals surface area contributed by atoms with Gasteiger partial charge in [-0.25, -0.2) is 25.3 Å². The number of ketones is 1. The third-order valence-corrected chi connectivity index (χ3v) is 14.0. The highest BCUT2D eigenvalue weighted by atomic mass is 32.2. The number of fused-ring (bicyclic) bond motifs is 2. The van der Waals surface area contributed by atoms with Crippen LogP contribution in [-0.2, 0) is 57.3 Å². The zero-order chi connectivity index (χ0) is 47.5. The molecule has 15 nitrogen and oxygen atoms in total. The molecule has 1 N–H and O–H groups in total. The van der Waals surface area contributed by atoms with Crippen LogP contribution >= 0.6 is 0 Å². The number of benzene rings is 2. The molecule has 0 radical (unpaired) electrons. The van der Waals surface area contributed by atoms with Crippen LogP contribution in [0, 0.1) is 0 Å². The van der Waals surface area contributed by atoms with E-state index in [0.717, 1.165) is 47.5 Å². The Morgan fingerprint density at radius 1 is 0.734 bits per heavy atom. The zero-order valence-electron chi connectivity index (χ0n) is 37.3. The van der Waals surface area contributed by atoms with Crippen molar-refractivity contribution in [3.05, 3.63) is 101 Å². The van der Waals surface area contributed by atoms with Crippen molar-refractivity contribution < 1.29 is 58.2 Å². The van der Waals surface area contributed by atoms with Gasteiger partial charge in [-0.05, 0) is 88.4 Å². The number of likely N-dealkylation sites (N-methyl/N-ethyl adjacent to an activating group) is 1. The molecule has 0 atom stereocenters. The van der Waals surface area contributed by atoms with Crippen molar-refractivity contribution in [2.45, 2.75) is 114 Å². The number of Topliss-reactive ketones (excluding diaryl/α,β-unsaturated/α-hetero) is 1. The molecular formula is C46H61N3O12S3-2. The van der Waals surface area contributed by atoms with E-state index in [9.17, 15) is 48.5 Å². The molecule has 0 amide bonds. The molecule has 0 bridgehead atoms. The Bertz CT molecular complexity index is 2520. The Kier molecular flexibility index (Phi) is 18.2. The minimum Gasteiger partial charge on any atom is -0.748 e. The molecule has 0 saturated heterocycles. The number of carboxylic acids is 1. The van der Waals surface area contributed by atoms with Crippen LogP contribution < -0.4 is 4.90 Å². The van der Waals surface area contributed by atoms with Crippen LogP contribution in [-0.4, -0.2) is 109 Å². The van der Waals surface area contributed by atoms with Crippen LogP contribution in [0.15, 0.2) is 89.5 Å². The van der Waals surface area contributed by atoms with Crippen molar-refractivity contribution in [3.8, 4) is 0 Å². The molecule has 2 heterocycles. The van der Waals surface area contributed by atoms with Gasteiger partial charge in [0.15, 0.2) is 5.71 Å². The van der Waals surface area contributed by atoms with E-state index >= 15 is 0 Å². The number of aliphatic carboxylic acids is 1. The second-order valence-electron chi connectivity index (χ2n) is 17.6. The highest BCUT2D eigenvalue weighted by Crippen LogP contribution is 2.48. The van der Waals surface area contributed by atoms with Gasteiger partial charge in [0.1, 0.15) is 22.4 Å². The van der Waals surface area contributed by atoms with Crippen molar-refractivity contribution in [2.75, 3.05) is 43.1 Å². The van der Waals surface area contributed by atoms with Crippen molar-refractivity contribution in [1.29, 1.82) is 0 Å². The summed E-state index contributed by atoms with van der Waals surface area (Å²) in [5.74, 6) is -1.63. The van der Waals surface area contributed by atoms with Crippen molar-refractivity contribution in [1.82, 2.24) is 4.90 Å². The van der Waals surface area contributed by atoms with Crippen LogP contribution in [0.5, 0.6) is 0 Å². The summed E-state index contributed by atoms with van der Waals surface area (Å²) in [5.41, 5.74) is 4.93. The second kappa shape index (κ2) is 22.3. The van der Waals surface area contributed by atoms with Gasteiger partial charge in [-0.1, -0.05) is 69.2 Å². The van der Waals surface area contributed by atoms with E-state index in [1.807, 2.05) is 85.0 Å². The molecule has 2 aromatic rings. The molecule has 4 rings (SSSR count). The molecule has 0 fully saturated rings. The third kappa shape index (κ3) is 15.1. The average molecular weight is 944 g/mol. The third-order valence-electron chi connectivity index (χ3n) is 11.6. The van der Waals surface area contributed by atoms with Crippen LogP contribution in [0.25, 0.3) is 0 Å². The van der Waals surface area contributed by atoms with Crippen molar-refractivity contribution >= 4 is 59.2 Å². The number of carboxylic acid groups (broad SMARTS) is 1. The van der Waals surface area contributed by atoms with E-state index in [1.165, 1.54) is 12.1 Å². The number of carbonyl (C=O) groups excluding carboxylic acids is 1. The van der Waals surface area contributed by atoms with E-state index in [2.05, 4.69) is 24.8 Å². The predicted molar refractivity (Wildman–Crippen MR) is 244 cm³/mol. The van der Waals surface area contributed by atoms with Gasteiger partial charge >= 0.3 is 5.97 Å². The van der Waals surface area contributed by atoms with Crippen molar-refractivity contribution in [2.24, 2.45) is 0 Å². The fraction of sp³-hybridized carbons (Fsp3) is 0.500. The van der Waals surface area contributed by atoms with Crippen molar-refractivity contribution in [3.63, 3.8) is 0 Å². The molecule has 2 aliphatic rings. The van der Waals surface area contributed by atoms with Gasteiger partial charge in [0.25, 0.3) is 0 Å². The minimum absolute atomic E-state index is 0.128. The highest BCUT2D eigenvalue weighted by molar-refractivity contribution is 7.86. The van der Waals surface area contributed by atoms with Crippen LogP contribution in [0.2, 0.25) is 0 Å². The Morgan fingerprint density at radius 3 is 2.00 bits per heavy atom. The molecule has 0 unspecified atom stereocenters. The van der Waals surface area contributed by atoms with E-state index in [4.69, 9.17) is 5.11 Å². The maximum atomic E-state index is 12.7.